The molecule has 0 atom stereocenters. The number of anilines is 1. The molecule has 162 valence electrons. The first-order valence-corrected chi connectivity index (χ1v) is 10.8. The monoisotopic (exact) mass is 465 g/mol. The van der Waals surface area contributed by atoms with Crippen LogP contribution in [0.1, 0.15) is 27.0 Å². The normalized spacial score (nSPS) is 10.7. The van der Waals surface area contributed by atoms with E-state index in [1.807, 2.05) is 30.5 Å². The second-order valence-electron chi connectivity index (χ2n) is 7.37. The first-order chi connectivity index (χ1) is 15.5. The summed E-state index contributed by atoms with van der Waals surface area (Å²) in [6, 6.07) is 20.5. The number of nitrogens with one attached hydrogen (secondary N) is 1. The molecule has 32 heavy (non-hydrogen) atoms. The summed E-state index contributed by atoms with van der Waals surface area (Å²) in [6.45, 7) is 2.98. The summed E-state index contributed by atoms with van der Waals surface area (Å²) in [6.07, 6.45) is 3.46. The standard InChI is InChI=1S/C25H21Cl2N3O2/c1-17-5-2-3-7-20(17)14-30-15-22(13-28-30)29-25(31)19-8-4-6-18(11-19)16-32-24-10-9-21(26)12-23(24)27/h2-13,15H,14,16H2,1H3,(H,29,31). The first-order valence-electron chi connectivity index (χ1n) is 10.0. The van der Waals surface area contributed by atoms with Crippen LogP contribution >= 0.6 is 23.2 Å². The van der Waals surface area contributed by atoms with Crippen molar-refractivity contribution in [3.63, 3.8) is 0 Å². The summed E-state index contributed by atoms with van der Waals surface area (Å²) in [5.41, 5.74) is 4.39. The molecule has 4 aromatic rings. The minimum absolute atomic E-state index is 0.216. The Labute approximate surface area is 196 Å². The maximum atomic E-state index is 12.7. The smallest absolute Gasteiger partial charge is 0.255 e. The number of halogens is 2. The summed E-state index contributed by atoms with van der Waals surface area (Å²) >= 11 is 12.1. The fraction of sp³-hybridized carbons (Fsp3) is 0.120. The fourth-order valence-electron chi connectivity index (χ4n) is 3.24. The lowest BCUT2D eigenvalue weighted by Gasteiger charge is -2.09. The van der Waals surface area contributed by atoms with Crippen molar-refractivity contribution in [2.75, 3.05) is 5.32 Å². The average molecular weight is 466 g/mol. The first kappa shape index (κ1) is 21.9. The van der Waals surface area contributed by atoms with E-state index in [2.05, 4.69) is 29.5 Å². The van der Waals surface area contributed by atoms with Gasteiger partial charge >= 0.3 is 0 Å². The number of amides is 1. The van der Waals surface area contributed by atoms with Crippen LogP contribution in [0.25, 0.3) is 0 Å². The van der Waals surface area contributed by atoms with Gasteiger partial charge in [0.25, 0.3) is 5.91 Å². The number of aryl methyl sites for hydroxylation is 1. The van der Waals surface area contributed by atoms with E-state index in [1.165, 1.54) is 11.1 Å². The zero-order valence-electron chi connectivity index (χ0n) is 17.4. The summed E-state index contributed by atoms with van der Waals surface area (Å²) < 4.78 is 7.57. The summed E-state index contributed by atoms with van der Waals surface area (Å²) in [5, 5.41) is 8.23. The Morgan fingerprint density at radius 3 is 2.72 bits per heavy atom. The number of ether oxygens (including phenoxy) is 1. The fourth-order valence-corrected chi connectivity index (χ4v) is 3.70. The molecule has 0 radical (unpaired) electrons. The summed E-state index contributed by atoms with van der Waals surface area (Å²) in [7, 11) is 0. The Kier molecular flexibility index (Phi) is 6.78. The van der Waals surface area contributed by atoms with Gasteiger partial charge in [0, 0.05) is 16.8 Å². The molecule has 5 nitrogen and oxygen atoms in total. The van der Waals surface area contributed by atoms with Gasteiger partial charge < -0.3 is 10.1 Å². The Morgan fingerprint density at radius 2 is 1.91 bits per heavy atom. The third-order valence-electron chi connectivity index (χ3n) is 4.96. The quantitative estimate of drug-likeness (QED) is 0.344. The maximum Gasteiger partial charge on any atom is 0.255 e. The molecule has 1 N–H and O–H groups in total. The average Bonchev–Trinajstić information content (AvgIpc) is 3.21. The molecule has 3 aromatic carbocycles. The van der Waals surface area contributed by atoms with Crippen molar-refractivity contribution in [2.45, 2.75) is 20.1 Å². The molecule has 7 heteroatoms. The van der Waals surface area contributed by atoms with E-state index >= 15 is 0 Å². The van der Waals surface area contributed by atoms with Crippen LogP contribution in [0.2, 0.25) is 10.0 Å². The van der Waals surface area contributed by atoms with Gasteiger partial charge in [0.2, 0.25) is 0 Å². The number of nitrogens with zero attached hydrogens (tertiary/aromatic N) is 2. The molecule has 0 bridgehead atoms. The predicted molar refractivity (Wildman–Crippen MR) is 128 cm³/mol. The molecule has 0 aliphatic carbocycles. The molecule has 0 saturated heterocycles. The van der Waals surface area contributed by atoms with Gasteiger partial charge in [0.15, 0.2) is 0 Å². The van der Waals surface area contributed by atoms with E-state index < -0.39 is 0 Å². The molecule has 4 rings (SSSR count). The van der Waals surface area contributed by atoms with Crippen LogP contribution in [0.4, 0.5) is 5.69 Å². The van der Waals surface area contributed by atoms with Gasteiger partial charge in [0.05, 0.1) is 23.5 Å². The van der Waals surface area contributed by atoms with Crippen LogP contribution in [-0.4, -0.2) is 15.7 Å². The molecule has 1 amide bonds. The minimum atomic E-state index is -0.216. The van der Waals surface area contributed by atoms with Gasteiger partial charge in [-0.05, 0) is 53.9 Å². The van der Waals surface area contributed by atoms with E-state index in [1.54, 1.807) is 41.2 Å². The van der Waals surface area contributed by atoms with Crippen molar-refractivity contribution >= 4 is 34.8 Å². The van der Waals surface area contributed by atoms with Crippen LogP contribution in [0.3, 0.4) is 0 Å². The van der Waals surface area contributed by atoms with Gasteiger partial charge in [-0.25, -0.2) is 0 Å². The molecule has 0 aliphatic rings. The van der Waals surface area contributed by atoms with Gasteiger partial charge in [-0.2, -0.15) is 5.10 Å². The zero-order chi connectivity index (χ0) is 22.5. The molecule has 0 aliphatic heterocycles. The lowest BCUT2D eigenvalue weighted by Crippen LogP contribution is -2.12. The van der Waals surface area contributed by atoms with Crippen molar-refractivity contribution in [3.8, 4) is 5.75 Å². The van der Waals surface area contributed by atoms with E-state index in [4.69, 9.17) is 27.9 Å². The molecule has 1 aromatic heterocycles. The largest absolute Gasteiger partial charge is 0.487 e. The molecular formula is C25H21Cl2N3O2. The molecule has 0 saturated carbocycles. The van der Waals surface area contributed by atoms with Gasteiger partial charge in [-0.3, -0.25) is 9.48 Å². The third kappa shape index (κ3) is 5.49. The summed E-state index contributed by atoms with van der Waals surface area (Å²) in [4.78, 5) is 12.7. The number of aromatic nitrogens is 2. The molecule has 1 heterocycles. The summed E-state index contributed by atoms with van der Waals surface area (Å²) in [5.74, 6) is 0.318. The number of hydrogen-bond donors (Lipinski definition) is 1. The Hall–Kier alpha value is -3.28. The van der Waals surface area contributed by atoms with E-state index in [9.17, 15) is 4.79 Å². The van der Waals surface area contributed by atoms with Crippen molar-refractivity contribution in [3.05, 3.63) is 111 Å². The van der Waals surface area contributed by atoms with Gasteiger partial charge in [-0.1, -0.05) is 59.6 Å². The third-order valence-corrected chi connectivity index (χ3v) is 5.49. The molecule has 0 spiro atoms. The Bertz CT molecular complexity index is 1250. The Morgan fingerprint density at radius 1 is 1.06 bits per heavy atom. The minimum Gasteiger partial charge on any atom is -0.487 e. The van der Waals surface area contributed by atoms with Crippen molar-refractivity contribution < 1.29 is 9.53 Å². The van der Waals surface area contributed by atoms with E-state index in [0.29, 0.717) is 33.6 Å². The van der Waals surface area contributed by atoms with Crippen LogP contribution in [0.5, 0.6) is 5.75 Å². The highest BCUT2D eigenvalue weighted by Crippen LogP contribution is 2.28. The highest BCUT2D eigenvalue weighted by atomic mass is 35.5. The van der Waals surface area contributed by atoms with Crippen LogP contribution in [0.15, 0.2) is 79.1 Å². The second kappa shape index (κ2) is 9.90. The van der Waals surface area contributed by atoms with Gasteiger partial charge in [-0.15, -0.1) is 0 Å². The number of hydrogen-bond acceptors (Lipinski definition) is 3. The number of carbonyl (C=O) groups is 1. The Balaban J connectivity index is 1.39. The second-order valence-corrected chi connectivity index (χ2v) is 8.21. The molecular weight excluding hydrogens is 445 g/mol. The SMILES string of the molecule is Cc1ccccc1Cn1cc(NC(=O)c2cccc(COc3ccc(Cl)cc3Cl)c2)cn1. The topological polar surface area (TPSA) is 56.2 Å². The maximum absolute atomic E-state index is 12.7. The lowest BCUT2D eigenvalue weighted by molar-refractivity contribution is 0.102. The van der Waals surface area contributed by atoms with Crippen molar-refractivity contribution in [2.24, 2.45) is 0 Å². The highest BCUT2D eigenvalue weighted by Gasteiger charge is 2.10. The predicted octanol–water partition coefficient (Wildman–Crippen LogP) is 6.38. The van der Waals surface area contributed by atoms with Crippen molar-refractivity contribution in [1.29, 1.82) is 0 Å². The highest BCUT2D eigenvalue weighted by molar-refractivity contribution is 6.35. The van der Waals surface area contributed by atoms with E-state index in [0.717, 1.165) is 5.56 Å². The lowest BCUT2D eigenvalue weighted by atomic mass is 10.1. The van der Waals surface area contributed by atoms with Crippen LogP contribution in [0, 0.1) is 6.92 Å². The van der Waals surface area contributed by atoms with E-state index in [-0.39, 0.29) is 12.5 Å². The molecule has 0 fully saturated rings. The zero-order valence-corrected chi connectivity index (χ0v) is 18.9. The number of carbonyl (C=O) groups excluding carboxylic acids is 1. The van der Waals surface area contributed by atoms with Gasteiger partial charge in [0.1, 0.15) is 12.4 Å². The number of benzene rings is 3. The van der Waals surface area contributed by atoms with Crippen LogP contribution < -0.4 is 10.1 Å². The van der Waals surface area contributed by atoms with Crippen LogP contribution in [-0.2, 0) is 13.2 Å². The number of rotatable bonds is 7. The molecule has 0 unspecified atom stereocenters. The van der Waals surface area contributed by atoms with Crippen molar-refractivity contribution in [1.82, 2.24) is 9.78 Å².